The zero-order valence-corrected chi connectivity index (χ0v) is 9.71. The van der Waals surface area contributed by atoms with Crippen LogP contribution in [-0.4, -0.2) is 12.9 Å². The van der Waals surface area contributed by atoms with Gasteiger partial charge < -0.3 is 4.74 Å². The van der Waals surface area contributed by atoms with Gasteiger partial charge in [0.25, 0.3) is 0 Å². The standard InChI is InChI=1S/C15H16O2/c16-9-11-2-5-15(6-3-11)17-10-14-8-12-1-4-13(14)7-12/h1-6,9,12-14H,7-8,10H2/t12-,13+,14?/m1/s1. The van der Waals surface area contributed by atoms with E-state index in [1.807, 2.05) is 12.1 Å². The summed E-state index contributed by atoms with van der Waals surface area (Å²) in [5, 5.41) is 0. The number of fused-ring (bicyclic) bond motifs is 2. The highest BCUT2D eigenvalue weighted by Gasteiger charge is 2.35. The third-order valence-electron chi connectivity index (χ3n) is 3.90. The van der Waals surface area contributed by atoms with Crippen LogP contribution >= 0.6 is 0 Å². The van der Waals surface area contributed by atoms with Crippen molar-refractivity contribution in [3.8, 4) is 5.75 Å². The maximum Gasteiger partial charge on any atom is 0.150 e. The minimum Gasteiger partial charge on any atom is -0.493 e. The summed E-state index contributed by atoms with van der Waals surface area (Å²) in [6.45, 7) is 0.798. The molecule has 2 nitrogen and oxygen atoms in total. The normalized spacial score (nSPS) is 29.5. The van der Waals surface area contributed by atoms with E-state index >= 15 is 0 Å². The first-order chi connectivity index (χ1) is 8.35. The molecule has 3 rings (SSSR count). The van der Waals surface area contributed by atoms with Gasteiger partial charge >= 0.3 is 0 Å². The fourth-order valence-corrected chi connectivity index (χ4v) is 2.93. The van der Waals surface area contributed by atoms with Crippen LogP contribution in [0, 0.1) is 17.8 Å². The van der Waals surface area contributed by atoms with Gasteiger partial charge in [0.05, 0.1) is 6.61 Å². The molecule has 0 saturated heterocycles. The zero-order valence-electron chi connectivity index (χ0n) is 9.71. The Bertz CT molecular complexity index is 433. The molecule has 1 aromatic carbocycles. The van der Waals surface area contributed by atoms with Crippen LogP contribution in [0.15, 0.2) is 36.4 Å². The first-order valence-electron chi connectivity index (χ1n) is 6.21. The smallest absolute Gasteiger partial charge is 0.150 e. The second-order valence-electron chi connectivity index (χ2n) is 5.04. The molecular weight excluding hydrogens is 212 g/mol. The van der Waals surface area contributed by atoms with Crippen LogP contribution in [0.1, 0.15) is 23.2 Å². The molecule has 1 aromatic rings. The minimum atomic E-state index is 0.677. The lowest BCUT2D eigenvalue weighted by molar-refractivity contribution is 0.112. The van der Waals surface area contributed by atoms with Crippen LogP contribution in [0.3, 0.4) is 0 Å². The van der Waals surface area contributed by atoms with E-state index in [-0.39, 0.29) is 0 Å². The van der Waals surface area contributed by atoms with Crippen molar-refractivity contribution < 1.29 is 9.53 Å². The minimum absolute atomic E-state index is 0.677. The van der Waals surface area contributed by atoms with E-state index in [2.05, 4.69) is 12.2 Å². The lowest BCUT2D eigenvalue weighted by atomic mass is 9.95. The monoisotopic (exact) mass is 228 g/mol. The first-order valence-corrected chi connectivity index (χ1v) is 6.21. The Balaban J connectivity index is 1.57. The van der Waals surface area contributed by atoms with Gasteiger partial charge in [-0.2, -0.15) is 0 Å². The highest BCUT2D eigenvalue weighted by Crippen LogP contribution is 2.43. The molecule has 2 aliphatic carbocycles. The van der Waals surface area contributed by atoms with Gasteiger partial charge in [0.15, 0.2) is 0 Å². The number of rotatable bonds is 4. The van der Waals surface area contributed by atoms with E-state index in [9.17, 15) is 4.79 Å². The summed E-state index contributed by atoms with van der Waals surface area (Å²) in [7, 11) is 0. The predicted molar refractivity (Wildman–Crippen MR) is 66.2 cm³/mol. The lowest BCUT2D eigenvalue weighted by Crippen LogP contribution is -2.16. The van der Waals surface area contributed by atoms with Gasteiger partial charge in [-0.25, -0.2) is 0 Å². The number of ether oxygens (including phenoxy) is 1. The van der Waals surface area contributed by atoms with Crippen LogP contribution in [0.5, 0.6) is 5.75 Å². The Kier molecular flexibility index (Phi) is 2.71. The molecule has 2 bridgehead atoms. The fraction of sp³-hybridized carbons (Fsp3) is 0.400. The maximum absolute atomic E-state index is 10.5. The lowest BCUT2D eigenvalue weighted by Gasteiger charge is -2.18. The third-order valence-corrected chi connectivity index (χ3v) is 3.90. The molecule has 0 heterocycles. The number of benzene rings is 1. The van der Waals surface area contributed by atoms with Crippen LogP contribution in [0.2, 0.25) is 0 Å². The SMILES string of the molecule is O=Cc1ccc(OCC2C[C@@H]3C=C[C@H]2C3)cc1. The Morgan fingerprint density at radius 2 is 2.00 bits per heavy atom. The Morgan fingerprint density at radius 1 is 1.18 bits per heavy atom. The van der Waals surface area contributed by atoms with Gasteiger partial charge in [0.2, 0.25) is 0 Å². The Hall–Kier alpha value is -1.57. The summed E-state index contributed by atoms with van der Waals surface area (Å²) in [4.78, 5) is 10.5. The first kappa shape index (κ1) is 10.6. The molecule has 3 atom stereocenters. The predicted octanol–water partition coefficient (Wildman–Crippen LogP) is 3.09. The van der Waals surface area contributed by atoms with E-state index in [0.717, 1.165) is 30.5 Å². The van der Waals surface area contributed by atoms with Crippen molar-refractivity contribution in [2.75, 3.05) is 6.61 Å². The van der Waals surface area contributed by atoms with Crippen molar-refractivity contribution >= 4 is 6.29 Å². The van der Waals surface area contributed by atoms with Crippen LogP contribution < -0.4 is 4.74 Å². The number of hydrogen-bond donors (Lipinski definition) is 0. The number of allylic oxidation sites excluding steroid dienone is 2. The van der Waals surface area contributed by atoms with Crippen LogP contribution in [0.25, 0.3) is 0 Å². The molecule has 1 unspecified atom stereocenters. The molecule has 0 aliphatic heterocycles. The number of aldehydes is 1. The molecule has 2 aliphatic rings. The summed E-state index contributed by atoms with van der Waals surface area (Å²) in [6.07, 6.45) is 8.13. The second kappa shape index (κ2) is 4.36. The average Bonchev–Trinajstić information content (AvgIpc) is 2.99. The Labute approximate surface area is 101 Å². The summed E-state index contributed by atoms with van der Waals surface area (Å²) in [5.74, 6) is 3.07. The van der Waals surface area contributed by atoms with Gasteiger partial charge in [0.1, 0.15) is 12.0 Å². The quantitative estimate of drug-likeness (QED) is 0.584. The topological polar surface area (TPSA) is 26.3 Å². The van der Waals surface area contributed by atoms with Crippen molar-refractivity contribution in [3.05, 3.63) is 42.0 Å². The summed E-state index contributed by atoms with van der Waals surface area (Å²) < 4.78 is 5.79. The molecule has 1 fully saturated rings. The van der Waals surface area contributed by atoms with Crippen LogP contribution in [-0.2, 0) is 0 Å². The van der Waals surface area contributed by atoms with Crippen molar-refractivity contribution in [1.82, 2.24) is 0 Å². The molecule has 0 spiro atoms. The average molecular weight is 228 g/mol. The molecular formula is C15H16O2. The van der Waals surface area contributed by atoms with E-state index in [4.69, 9.17) is 4.74 Å². The molecule has 1 saturated carbocycles. The maximum atomic E-state index is 10.5. The molecule has 2 heteroatoms. The van der Waals surface area contributed by atoms with Crippen molar-refractivity contribution in [3.63, 3.8) is 0 Å². The molecule has 0 aromatic heterocycles. The van der Waals surface area contributed by atoms with Crippen molar-refractivity contribution in [2.45, 2.75) is 12.8 Å². The largest absolute Gasteiger partial charge is 0.493 e. The number of carbonyl (C=O) groups is 1. The number of carbonyl (C=O) groups excluding carboxylic acids is 1. The van der Waals surface area contributed by atoms with E-state index < -0.39 is 0 Å². The fourth-order valence-electron chi connectivity index (χ4n) is 2.93. The summed E-state index contributed by atoms with van der Waals surface area (Å²) in [5.41, 5.74) is 0.695. The highest BCUT2D eigenvalue weighted by atomic mass is 16.5. The van der Waals surface area contributed by atoms with Gasteiger partial charge in [-0.15, -0.1) is 0 Å². The molecule has 17 heavy (non-hydrogen) atoms. The van der Waals surface area contributed by atoms with Gasteiger partial charge in [0, 0.05) is 5.56 Å². The van der Waals surface area contributed by atoms with Gasteiger partial charge in [-0.3, -0.25) is 4.79 Å². The molecule has 0 radical (unpaired) electrons. The summed E-state index contributed by atoms with van der Waals surface area (Å²) in [6, 6.07) is 7.33. The highest BCUT2D eigenvalue weighted by molar-refractivity contribution is 5.74. The van der Waals surface area contributed by atoms with Crippen molar-refractivity contribution in [2.24, 2.45) is 17.8 Å². The zero-order chi connectivity index (χ0) is 11.7. The van der Waals surface area contributed by atoms with Crippen LogP contribution in [0.4, 0.5) is 0 Å². The molecule has 0 amide bonds. The number of hydrogen-bond acceptors (Lipinski definition) is 2. The third kappa shape index (κ3) is 2.12. The second-order valence-corrected chi connectivity index (χ2v) is 5.04. The molecule has 0 N–H and O–H groups in total. The van der Waals surface area contributed by atoms with E-state index in [1.165, 1.54) is 12.8 Å². The van der Waals surface area contributed by atoms with E-state index in [1.54, 1.807) is 12.1 Å². The van der Waals surface area contributed by atoms with Crippen molar-refractivity contribution in [1.29, 1.82) is 0 Å². The van der Waals surface area contributed by atoms with E-state index in [0.29, 0.717) is 11.5 Å². The molecule has 88 valence electrons. The summed E-state index contributed by atoms with van der Waals surface area (Å²) >= 11 is 0. The van der Waals surface area contributed by atoms with Gasteiger partial charge in [-0.05, 0) is 54.9 Å². The Morgan fingerprint density at radius 3 is 2.59 bits per heavy atom. The van der Waals surface area contributed by atoms with Gasteiger partial charge in [-0.1, -0.05) is 12.2 Å².